The molecule has 0 aromatic rings. The van der Waals surface area contributed by atoms with Gasteiger partial charge in [-0.1, -0.05) is 0 Å². The minimum atomic E-state index is -3.90. The number of piperazine rings is 2. The fourth-order valence-electron chi connectivity index (χ4n) is 3.57. The molecule has 2 fully saturated rings. The molecule has 0 amide bonds. The summed E-state index contributed by atoms with van der Waals surface area (Å²) in [5.74, 6) is -0.431. The van der Waals surface area contributed by atoms with Gasteiger partial charge in [-0.15, -0.1) is 0 Å². The molecule has 2 aliphatic rings. The summed E-state index contributed by atoms with van der Waals surface area (Å²) in [6, 6.07) is 0. The van der Waals surface area contributed by atoms with Crippen molar-refractivity contribution in [1.29, 1.82) is 0 Å². The first-order valence-corrected chi connectivity index (χ1v) is 13.3. The Morgan fingerprint density at radius 3 is 1.67 bits per heavy atom. The summed E-state index contributed by atoms with van der Waals surface area (Å²) >= 11 is 0. The van der Waals surface area contributed by atoms with Crippen LogP contribution >= 0.6 is 0 Å². The van der Waals surface area contributed by atoms with Crippen LogP contribution in [-0.4, -0.2) is 154 Å². The maximum absolute atomic E-state index is 10.7. The van der Waals surface area contributed by atoms with Crippen molar-refractivity contribution in [3.05, 3.63) is 0 Å². The van der Waals surface area contributed by atoms with Crippen molar-refractivity contribution in [1.82, 2.24) is 15.1 Å². The van der Waals surface area contributed by atoms with Crippen LogP contribution in [0.5, 0.6) is 0 Å². The first-order valence-electron chi connectivity index (χ1n) is 10.1. The van der Waals surface area contributed by atoms with Gasteiger partial charge in [0.2, 0.25) is 0 Å². The minimum absolute atomic E-state index is 0.0471. The summed E-state index contributed by atoms with van der Waals surface area (Å²) in [7, 11) is -7.74. The molecule has 2 saturated heterocycles. The summed E-state index contributed by atoms with van der Waals surface area (Å²) in [4.78, 5) is 4.13. The number of β-amino-alcohol motifs (C(OH)–C–C–N with tert-alkyl or cyclic N) is 1. The lowest BCUT2D eigenvalue weighted by Crippen LogP contribution is -2.61. The highest BCUT2D eigenvalue weighted by Crippen LogP contribution is 2.09. The molecule has 180 valence electrons. The fourth-order valence-corrected chi connectivity index (χ4v) is 4.68. The van der Waals surface area contributed by atoms with Gasteiger partial charge in [-0.2, -0.15) is 16.8 Å². The molecule has 0 atom stereocenters. The predicted octanol–water partition coefficient (Wildman–Crippen LogP) is -3.23. The number of aliphatic hydroxyl groups excluding tert-OH is 2. The molecular formula is C16H37N4O8S2+. The van der Waals surface area contributed by atoms with Crippen molar-refractivity contribution in [2.75, 3.05) is 103 Å². The summed E-state index contributed by atoms with van der Waals surface area (Å²) < 4.78 is 60.3. The SMILES string of the molecule is O=S(=O)(O)CCN1CCN(CCO)CC1.O=S(=O)(O)CC[N+]1(CCO)CCNCC1. The quantitative estimate of drug-likeness (QED) is 0.158. The molecule has 0 bridgehead atoms. The lowest BCUT2D eigenvalue weighted by atomic mass is 10.2. The smallest absolute Gasteiger partial charge is 0.270 e. The van der Waals surface area contributed by atoms with Crippen molar-refractivity contribution >= 4 is 20.2 Å². The Morgan fingerprint density at radius 1 is 0.733 bits per heavy atom. The molecule has 0 spiro atoms. The molecule has 30 heavy (non-hydrogen) atoms. The molecule has 12 nitrogen and oxygen atoms in total. The molecular weight excluding hydrogens is 440 g/mol. The van der Waals surface area contributed by atoms with E-state index in [-0.39, 0.29) is 24.7 Å². The lowest BCUT2D eigenvalue weighted by molar-refractivity contribution is -0.927. The number of hydrogen-bond donors (Lipinski definition) is 5. The molecule has 2 aliphatic heterocycles. The number of hydrogen-bond acceptors (Lipinski definition) is 9. The maximum atomic E-state index is 10.7. The normalized spacial score (nSPS) is 21.1. The highest BCUT2D eigenvalue weighted by molar-refractivity contribution is 7.86. The number of quaternary nitrogens is 1. The zero-order valence-electron chi connectivity index (χ0n) is 17.4. The van der Waals surface area contributed by atoms with Crippen molar-refractivity contribution in [3.8, 4) is 0 Å². The molecule has 0 radical (unpaired) electrons. The van der Waals surface area contributed by atoms with Crippen LogP contribution in [0, 0.1) is 0 Å². The predicted molar refractivity (Wildman–Crippen MR) is 112 cm³/mol. The highest BCUT2D eigenvalue weighted by Gasteiger charge is 2.30. The first-order chi connectivity index (χ1) is 14.0. The number of aliphatic hydroxyl groups is 2. The van der Waals surface area contributed by atoms with E-state index in [2.05, 4.69) is 10.2 Å². The Labute approximate surface area is 179 Å². The van der Waals surface area contributed by atoms with Crippen LogP contribution in [0.4, 0.5) is 0 Å². The Balaban J connectivity index is 0.000000300. The van der Waals surface area contributed by atoms with E-state index in [1.165, 1.54) is 0 Å². The Bertz CT molecular complexity index is 670. The Kier molecular flexibility index (Phi) is 12.2. The molecule has 2 heterocycles. The maximum Gasteiger partial charge on any atom is 0.270 e. The van der Waals surface area contributed by atoms with Gasteiger partial charge in [0.15, 0.2) is 0 Å². The lowest BCUT2D eigenvalue weighted by Gasteiger charge is -2.41. The van der Waals surface area contributed by atoms with Gasteiger partial charge in [0.05, 0.1) is 38.6 Å². The monoisotopic (exact) mass is 477 g/mol. The van der Waals surface area contributed by atoms with Crippen molar-refractivity contribution in [2.45, 2.75) is 0 Å². The summed E-state index contributed by atoms with van der Waals surface area (Å²) in [5, 5.41) is 20.9. The average Bonchev–Trinajstić information content (AvgIpc) is 2.67. The second kappa shape index (κ2) is 13.2. The third-order valence-electron chi connectivity index (χ3n) is 5.47. The van der Waals surface area contributed by atoms with Gasteiger partial charge in [0.25, 0.3) is 20.2 Å². The van der Waals surface area contributed by atoms with Gasteiger partial charge in [-0.25, -0.2) is 0 Å². The highest BCUT2D eigenvalue weighted by atomic mass is 32.2. The van der Waals surface area contributed by atoms with E-state index >= 15 is 0 Å². The van der Waals surface area contributed by atoms with E-state index in [0.717, 1.165) is 52.4 Å². The van der Waals surface area contributed by atoms with Gasteiger partial charge in [0, 0.05) is 52.4 Å². The van der Waals surface area contributed by atoms with Crippen molar-refractivity contribution < 1.29 is 40.6 Å². The van der Waals surface area contributed by atoms with Crippen LogP contribution < -0.4 is 5.32 Å². The average molecular weight is 478 g/mol. The van der Waals surface area contributed by atoms with Crippen molar-refractivity contribution in [3.63, 3.8) is 0 Å². The Hall–Kier alpha value is -0.420. The largest absolute Gasteiger partial charge is 0.395 e. The first kappa shape index (κ1) is 27.6. The fraction of sp³-hybridized carbons (Fsp3) is 1.00. The van der Waals surface area contributed by atoms with Gasteiger partial charge in [-0.3, -0.25) is 18.9 Å². The zero-order valence-corrected chi connectivity index (χ0v) is 19.0. The van der Waals surface area contributed by atoms with E-state index < -0.39 is 20.2 Å². The van der Waals surface area contributed by atoms with Crippen molar-refractivity contribution in [2.24, 2.45) is 0 Å². The second-order valence-corrected chi connectivity index (χ2v) is 10.8. The molecule has 5 N–H and O–H groups in total. The summed E-state index contributed by atoms with van der Waals surface area (Å²) in [5.41, 5.74) is 0. The van der Waals surface area contributed by atoms with E-state index in [0.29, 0.717) is 30.7 Å². The second-order valence-electron chi connectivity index (χ2n) is 7.69. The molecule has 0 unspecified atom stereocenters. The number of nitrogens with zero attached hydrogens (tertiary/aromatic N) is 3. The van der Waals surface area contributed by atoms with Crippen LogP contribution in [0.3, 0.4) is 0 Å². The molecule has 0 aromatic carbocycles. The third-order valence-corrected chi connectivity index (χ3v) is 6.87. The van der Waals surface area contributed by atoms with Gasteiger partial charge in [-0.05, 0) is 0 Å². The molecule has 14 heteroatoms. The molecule has 0 aliphatic carbocycles. The molecule has 2 rings (SSSR count). The summed E-state index contributed by atoms with van der Waals surface area (Å²) in [6.07, 6.45) is 0. The van der Waals surface area contributed by atoms with Gasteiger partial charge in [0.1, 0.15) is 12.3 Å². The standard InChI is InChI=1S/2C8H18N2O4S/c11-7-5-10(3-1-9-2-4-10)6-8-15(12,13)14;11-7-5-9-1-3-10(4-2-9)6-8-15(12,13)14/h9,11H,1-8H2;11H,1-8H2,(H,12,13,14)/p+1. The van der Waals surface area contributed by atoms with Crippen LogP contribution in [-0.2, 0) is 20.2 Å². The summed E-state index contributed by atoms with van der Waals surface area (Å²) in [6.45, 7) is 8.69. The van der Waals surface area contributed by atoms with E-state index in [1.807, 2.05) is 4.90 Å². The Morgan fingerprint density at radius 2 is 1.23 bits per heavy atom. The van der Waals surface area contributed by atoms with Crippen LogP contribution in [0.25, 0.3) is 0 Å². The zero-order chi connectivity index (χ0) is 22.7. The van der Waals surface area contributed by atoms with Gasteiger partial charge >= 0.3 is 0 Å². The van der Waals surface area contributed by atoms with Crippen LogP contribution in [0.1, 0.15) is 0 Å². The number of rotatable bonds is 10. The van der Waals surface area contributed by atoms with Gasteiger partial charge < -0.3 is 20.0 Å². The third kappa shape index (κ3) is 12.4. The minimum Gasteiger partial charge on any atom is -0.395 e. The van der Waals surface area contributed by atoms with Crippen LogP contribution in [0.2, 0.25) is 0 Å². The van der Waals surface area contributed by atoms with E-state index in [9.17, 15) is 16.8 Å². The number of nitrogens with one attached hydrogen (secondary N) is 1. The van der Waals surface area contributed by atoms with E-state index in [4.69, 9.17) is 19.3 Å². The molecule has 0 saturated carbocycles. The van der Waals surface area contributed by atoms with Crippen LogP contribution in [0.15, 0.2) is 0 Å². The topological polar surface area (TPSA) is 168 Å². The molecule has 0 aromatic heterocycles. The van der Waals surface area contributed by atoms with E-state index in [1.54, 1.807) is 0 Å².